The highest BCUT2D eigenvalue weighted by Crippen LogP contribution is 2.59. The molecule has 0 unspecified atom stereocenters. The molecule has 0 aliphatic carbocycles. The number of hydrogen-bond donors (Lipinski definition) is 0. The Morgan fingerprint density at radius 2 is 0.412 bits per heavy atom. The molecule has 0 atom stereocenters. The summed E-state index contributed by atoms with van der Waals surface area (Å²) in [7, 11) is -70.6. The average Bonchev–Trinajstić information content (AvgIpc) is 3.23. The van der Waals surface area contributed by atoms with Crippen LogP contribution in [0.1, 0.15) is 0 Å². The Morgan fingerprint density at radius 3 is 0.575 bits per heavy atom. The lowest BCUT2D eigenvalue weighted by molar-refractivity contribution is -0.0457. The summed E-state index contributed by atoms with van der Waals surface area (Å²) in [5.74, 6) is -5.95. The molecule has 0 spiro atoms. The molecule has 50 heteroatoms. The third kappa shape index (κ3) is 9.93. The number of fused-ring (bicyclic) bond motifs is 2. The molecule has 0 radical (unpaired) electrons. The number of methoxy groups -OCH3 is 2. The van der Waals surface area contributed by atoms with Gasteiger partial charge in [0.15, 0.2) is 0 Å². The Labute approximate surface area is 425 Å². The quantitative estimate of drug-likeness (QED) is 0.128. The van der Waals surface area contributed by atoms with Gasteiger partial charge in [0.2, 0.25) is 0 Å². The van der Waals surface area contributed by atoms with E-state index in [2.05, 4.69) is 9.47 Å². The monoisotopic (exact) mass is 1370 g/mol. The van der Waals surface area contributed by atoms with E-state index >= 15 is 0 Å². The third-order valence-electron chi connectivity index (χ3n) is 9.83. The molecule has 0 aliphatic heterocycles. The molecule has 0 saturated heterocycles. The summed E-state index contributed by atoms with van der Waals surface area (Å²) in [6, 6.07) is -7.61. The molecule has 0 bridgehead atoms. The fourth-order valence-electron chi connectivity index (χ4n) is 6.55. The van der Waals surface area contributed by atoms with Crippen molar-refractivity contribution in [3.05, 3.63) is 24.3 Å². The van der Waals surface area contributed by atoms with E-state index in [0.29, 0.717) is 0 Å². The van der Waals surface area contributed by atoms with Crippen LogP contribution in [0.25, 0.3) is 32.7 Å². The molecule has 0 heterocycles. The number of hydrogen-bond acceptors (Lipinski definition) is 18. The van der Waals surface area contributed by atoms with E-state index in [1.165, 1.54) is 0 Å². The first-order valence-electron chi connectivity index (χ1n) is 17.8. The number of rotatable bonds is 11. The van der Waals surface area contributed by atoms with Crippen LogP contribution in [0.4, 0.5) is 105 Å². The van der Waals surface area contributed by atoms with Crippen molar-refractivity contribution in [1.29, 1.82) is 0 Å². The van der Waals surface area contributed by atoms with Crippen molar-refractivity contribution in [2.75, 3.05) is 14.2 Å². The highest BCUT2D eigenvalue weighted by molar-refractivity contribution is 7.97. The molecule has 4 aromatic rings. The summed E-state index contributed by atoms with van der Waals surface area (Å²) < 4.78 is 570. The van der Waals surface area contributed by atoms with E-state index in [4.69, 9.17) is 0 Å². The summed E-state index contributed by atoms with van der Waals surface area (Å²) in [4.78, 5) is -33.9. The zero-order valence-electron chi connectivity index (χ0n) is 36.0. The molecular formula is C30H10F24O18S8. The smallest absolute Gasteiger partial charge is 0.496 e. The molecule has 18 nitrogen and oxygen atoms in total. The van der Waals surface area contributed by atoms with Gasteiger partial charge in [-0.3, -0.25) is 0 Å². The maximum atomic E-state index is 14.8. The average molecular weight is 1370 g/mol. The minimum atomic E-state index is -8.94. The van der Waals surface area contributed by atoms with Crippen molar-refractivity contribution in [2.24, 2.45) is 0 Å². The molecule has 0 aromatic heterocycles. The van der Waals surface area contributed by atoms with Crippen molar-refractivity contribution < 1.29 is 182 Å². The number of halogens is 24. The van der Waals surface area contributed by atoms with E-state index in [1.54, 1.807) is 0 Å². The van der Waals surface area contributed by atoms with Gasteiger partial charge in [0.1, 0.15) is 21.3 Å². The van der Waals surface area contributed by atoms with E-state index in [0.717, 1.165) is 0 Å². The fraction of sp³-hybridized carbons (Fsp3) is 0.333. The highest BCUT2D eigenvalue weighted by Gasteiger charge is 2.62. The van der Waals surface area contributed by atoms with Crippen molar-refractivity contribution in [2.45, 2.75) is 83.2 Å². The maximum absolute atomic E-state index is 14.8. The van der Waals surface area contributed by atoms with E-state index in [9.17, 15) is 173 Å². The van der Waals surface area contributed by atoms with E-state index < -0.39 is 245 Å². The zero-order valence-corrected chi connectivity index (χ0v) is 42.5. The van der Waals surface area contributed by atoms with Gasteiger partial charge in [0.25, 0.3) is 78.7 Å². The molecule has 0 N–H and O–H groups in total. The highest BCUT2D eigenvalue weighted by atomic mass is 32.2. The van der Waals surface area contributed by atoms with Gasteiger partial charge in [0.05, 0.1) is 43.6 Å². The summed E-state index contributed by atoms with van der Waals surface area (Å²) in [6.07, 6.45) is 0. The van der Waals surface area contributed by atoms with Crippen LogP contribution in [0.2, 0.25) is 0 Å². The zero-order chi connectivity index (χ0) is 63.5. The Bertz CT molecular complexity index is 4000. The standard InChI is InChI=1S/C30H10F24O18S8/c1-71-7-3-9(73(55,56)23(31,32)33)19-17(11(75(59,60)25(37,38)39)5-13(77(63,64)27(43,44)45)21(19)79(67,68)29(49,50)51)15(7)16-8(72-2)4-10(74(57,58)24(34,35)36)20-18(16)12(76(61,62)26(40,41)42)6-14(78(65,66)28(46,47)48)22(20)80(69,70)30(52,53)54/h3-6H,1-2H3. The molecule has 454 valence electrons. The lowest BCUT2D eigenvalue weighted by atomic mass is 9.91. The Balaban J connectivity index is 3.19. The van der Waals surface area contributed by atoms with Crippen LogP contribution in [0.15, 0.2) is 63.4 Å². The lowest BCUT2D eigenvalue weighted by Gasteiger charge is -2.27. The minimum absolute atomic E-state index is 0.444. The largest absolute Gasteiger partial charge is 0.501 e. The molecule has 0 amide bonds. The van der Waals surface area contributed by atoms with Crippen LogP contribution in [-0.4, -0.2) is 126 Å². The van der Waals surface area contributed by atoms with Crippen LogP contribution < -0.4 is 9.47 Å². The van der Waals surface area contributed by atoms with Gasteiger partial charge < -0.3 is 9.47 Å². The Hall–Kier alpha value is -5.08. The predicted molar refractivity (Wildman–Crippen MR) is 206 cm³/mol. The van der Waals surface area contributed by atoms with Gasteiger partial charge in [-0.1, -0.05) is 0 Å². The van der Waals surface area contributed by atoms with Crippen LogP contribution in [0.5, 0.6) is 11.5 Å². The second kappa shape index (κ2) is 18.7. The fourth-order valence-corrected chi connectivity index (χ4v) is 15.9. The minimum Gasteiger partial charge on any atom is -0.496 e. The normalized spacial score (nSPS) is 15.2. The van der Waals surface area contributed by atoms with E-state index in [-0.39, 0.29) is 0 Å². The van der Waals surface area contributed by atoms with Crippen molar-refractivity contribution in [3.8, 4) is 22.6 Å². The molecule has 4 rings (SSSR count). The summed E-state index contributed by atoms with van der Waals surface area (Å²) >= 11 is 0. The Morgan fingerprint density at radius 1 is 0.250 bits per heavy atom. The first-order valence-corrected chi connectivity index (χ1v) is 29.6. The number of ether oxygens (including phenoxy) is 2. The molecular weight excluding hydrogens is 1360 g/mol. The van der Waals surface area contributed by atoms with Gasteiger partial charge in [-0.05, 0) is 12.1 Å². The predicted octanol–water partition coefficient (Wildman–Crippen LogP) is 8.03. The van der Waals surface area contributed by atoms with E-state index in [1.807, 2.05) is 0 Å². The maximum Gasteiger partial charge on any atom is 0.501 e. The van der Waals surface area contributed by atoms with Crippen molar-refractivity contribution in [1.82, 2.24) is 0 Å². The molecule has 0 fully saturated rings. The van der Waals surface area contributed by atoms with Crippen LogP contribution in [-0.2, 0) is 78.7 Å². The second-order valence-electron chi connectivity index (χ2n) is 14.4. The Kier molecular flexibility index (Phi) is 15.8. The molecule has 4 aromatic carbocycles. The van der Waals surface area contributed by atoms with Gasteiger partial charge in [-0.25, -0.2) is 67.3 Å². The van der Waals surface area contributed by atoms with Crippen molar-refractivity contribution >= 4 is 100 Å². The van der Waals surface area contributed by atoms with Gasteiger partial charge >= 0.3 is 44.1 Å². The van der Waals surface area contributed by atoms with Gasteiger partial charge in [-0.2, -0.15) is 105 Å². The summed E-state index contributed by atoms with van der Waals surface area (Å²) in [5.41, 5.74) is -68.6. The number of sulfone groups is 8. The topological polar surface area (TPSA) is 292 Å². The first-order chi connectivity index (χ1) is 34.8. The molecule has 80 heavy (non-hydrogen) atoms. The molecule has 0 saturated carbocycles. The number of benzene rings is 4. The van der Waals surface area contributed by atoms with Crippen LogP contribution in [0, 0.1) is 0 Å². The van der Waals surface area contributed by atoms with Crippen LogP contribution >= 0.6 is 0 Å². The van der Waals surface area contributed by atoms with Crippen LogP contribution in [0.3, 0.4) is 0 Å². The molecule has 0 aliphatic rings. The SMILES string of the molecule is COc1cc(S(=O)(=O)C(F)(F)F)c2c(S(=O)(=O)C(F)(F)F)c(S(=O)(=O)C(F)(F)F)cc(S(=O)(=O)C(F)(F)F)c2c1-c1c(OC)cc(S(=O)(=O)C(F)(F)F)c2c(S(=O)(=O)C(F)(F)F)c(S(=O)(=O)C(F)(F)F)cc(S(=O)(=O)C(F)(F)F)c12. The third-order valence-corrected chi connectivity index (χ3v) is 22.3. The van der Waals surface area contributed by atoms with Crippen molar-refractivity contribution in [3.63, 3.8) is 0 Å². The van der Waals surface area contributed by atoms with Gasteiger partial charge in [0, 0.05) is 44.8 Å². The number of alkyl halides is 24. The summed E-state index contributed by atoms with van der Waals surface area (Å²) in [5, 5.41) is -16.2. The summed E-state index contributed by atoms with van der Waals surface area (Å²) in [6.45, 7) is 0. The first kappa shape index (κ1) is 67.4. The van der Waals surface area contributed by atoms with Gasteiger partial charge in [-0.15, -0.1) is 0 Å². The second-order valence-corrected chi connectivity index (χ2v) is 29.6. The lowest BCUT2D eigenvalue weighted by Crippen LogP contribution is -2.32.